The largest absolute Gasteiger partial charge is 0.496 e. The summed E-state index contributed by atoms with van der Waals surface area (Å²) in [7, 11) is 1.61. The first-order valence-electron chi connectivity index (χ1n) is 6.27. The molecule has 0 saturated heterocycles. The Morgan fingerprint density at radius 2 is 2.17 bits per heavy atom. The van der Waals surface area contributed by atoms with E-state index in [-0.39, 0.29) is 24.8 Å². The summed E-state index contributed by atoms with van der Waals surface area (Å²) in [6.07, 6.45) is 0.995. The van der Waals surface area contributed by atoms with Gasteiger partial charge in [-0.3, -0.25) is 0 Å². The average Bonchev–Trinajstić information content (AvgIpc) is 2.70. The van der Waals surface area contributed by atoms with Crippen molar-refractivity contribution in [3.63, 3.8) is 0 Å². The van der Waals surface area contributed by atoms with Crippen LogP contribution in [0.25, 0.3) is 0 Å². The molecule has 0 heterocycles. The molecule has 2 N–H and O–H groups in total. The highest BCUT2D eigenvalue weighted by Crippen LogP contribution is 2.40. The van der Waals surface area contributed by atoms with E-state index in [1.165, 1.54) is 0 Å². The lowest BCUT2D eigenvalue weighted by Gasteiger charge is -2.20. The van der Waals surface area contributed by atoms with E-state index >= 15 is 0 Å². The highest BCUT2D eigenvalue weighted by atomic mass is 19.3. The normalized spacial score (nSPS) is 23.9. The molecule has 0 radical (unpaired) electrons. The highest BCUT2D eigenvalue weighted by molar-refractivity contribution is 5.33. The Morgan fingerprint density at radius 3 is 2.78 bits per heavy atom. The number of para-hydroxylation sites is 1. The first kappa shape index (κ1) is 13.3. The van der Waals surface area contributed by atoms with Crippen LogP contribution in [-0.2, 0) is 6.42 Å². The Balaban J connectivity index is 2.01. The fourth-order valence-electron chi connectivity index (χ4n) is 2.64. The maximum absolute atomic E-state index is 13.2. The second-order valence-corrected chi connectivity index (χ2v) is 5.04. The van der Waals surface area contributed by atoms with Crippen molar-refractivity contribution in [2.24, 2.45) is 11.7 Å². The van der Waals surface area contributed by atoms with Crippen molar-refractivity contribution in [3.8, 4) is 5.75 Å². The molecular weight excluding hydrogens is 236 g/mol. The van der Waals surface area contributed by atoms with E-state index in [0.29, 0.717) is 12.8 Å². The number of methoxy groups -OCH3 is 1. The van der Waals surface area contributed by atoms with Crippen molar-refractivity contribution in [2.45, 2.75) is 37.6 Å². The molecular formula is C14H19F2NO. The van der Waals surface area contributed by atoms with Gasteiger partial charge in [0.2, 0.25) is 5.92 Å². The van der Waals surface area contributed by atoms with Crippen molar-refractivity contribution in [3.05, 3.63) is 29.8 Å². The summed E-state index contributed by atoms with van der Waals surface area (Å²) in [5.74, 6) is -1.84. The summed E-state index contributed by atoms with van der Waals surface area (Å²) in [6.45, 7) is 0. The van der Waals surface area contributed by atoms with Crippen LogP contribution in [0.2, 0.25) is 0 Å². The molecule has 2 atom stereocenters. The molecule has 18 heavy (non-hydrogen) atoms. The summed E-state index contributed by atoms with van der Waals surface area (Å²) < 4.78 is 31.6. The third kappa shape index (κ3) is 2.99. The average molecular weight is 255 g/mol. The predicted molar refractivity (Wildman–Crippen MR) is 67.0 cm³/mol. The molecule has 0 aromatic heterocycles. The number of hydrogen-bond donors (Lipinski definition) is 1. The standard InChI is InChI=1S/C14H19F2NO/c1-18-13-5-3-2-4-10(13)8-12(17)11-6-7-14(15,16)9-11/h2-5,11-12H,6-9,17H2,1H3. The molecule has 100 valence electrons. The summed E-state index contributed by atoms with van der Waals surface area (Å²) in [4.78, 5) is 0. The predicted octanol–water partition coefficient (Wildman–Crippen LogP) is 3.00. The minimum atomic E-state index is -2.52. The van der Waals surface area contributed by atoms with Crippen LogP contribution in [0, 0.1) is 5.92 Å². The summed E-state index contributed by atoms with van der Waals surface area (Å²) in [6, 6.07) is 7.37. The fraction of sp³-hybridized carbons (Fsp3) is 0.571. The van der Waals surface area contributed by atoms with Crippen LogP contribution in [0.4, 0.5) is 8.78 Å². The SMILES string of the molecule is COc1ccccc1CC(N)C1CCC(F)(F)C1. The van der Waals surface area contributed by atoms with E-state index in [9.17, 15) is 8.78 Å². The van der Waals surface area contributed by atoms with Gasteiger partial charge >= 0.3 is 0 Å². The van der Waals surface area contributed by atoms with Crippen LogP contribution >= 0.6 is 0 Å². The minimum absolute atomic E-state index is 0.0305. The van der Waals surface area contributed by atoms with Crippen LogP contribution in [0.15, 0.2) is 24.3 Å². The van der Waals surface area contributed by atoms with Gasteiger partial charge < -0.3 is 10.5 Å². The Labute approximate surface area is 106 Å². The smallest absolute Gasteiger partial charge is 0.248 e. The van der Waals surface area contributed by atoms with Crippen molar-refractivity contribution in [2.75, 3.05) is 7.11 Å². The number of benzene rings is 1. The maximum atomic E-state index is 13.2. The first-order chi connectivity index (χ1) is 8.52. The first-order valence-corrected chi connectivity index (χ1v) is 6.27. The zero-order chi connectivity index (χ0) is 13.2. The van der Waals surface area contributed by atoms with Crippen LogP contribution in [-0.4, -0.2) is 19.1 Å². The van der Waals surface area contributed by atoms with Crippen molar-refractivity contribution < 1.29 is 13.5 Å². The van der Waals surface area contributed by atoms with Crippen LogP contribution in [0.3, 0.4) is 0 Å². The van der Waals surface area contributed by atoms with Crippen molar-refractivity contribution in [1.82, 2.24) is 0 Å². The number of rotatable bonds is 4. The van der Waals surface area contributed by atoms with Gasteiger partial charge in [-0.05, 0) is 30.4 Å². The number of halogens is 2. The Hall–Kier alpha value is -1.16. The minimum Gasteiger partial charge on any atom is -0.496 e. The van der Waals surface area contributed by atoms with Gasteiger partial charge in [0.05, 0.1) is 7.11 Å². The molecule has 1 aromatic carbocycles. The van der Waals surface area contributed by atoms with Crippen molar-refractivity contribution >= 4 is 0 Å². The number of nitrogens with two attached hydrogens (primary N) is 1. The van der Waals surface area contributed by atoms with E-state index in [0.717, 1.165) is 11.3 Å². The molecule has 1 aliphatic rings. The van der Waals surface area contributed by atoms with E-state index < -0.39 is 5.92 Å². The van der Waals surface area contributed by atoms with Gasteiger partial charge in [0, 0.05) is 18.9 Å². The highest BCUT2D eigenvalue weighted by Gasteiger charge is 2.41. The van der Waals surface area contributed by atoms with Gasteiger partial charge in [-0.1, -0.05) is 18.2 Å². The second-order valence-electron chi connectivity index (χ2n) is 5.04. The summed E-state index contributed by atoms with van der Waals surface area (Å²) in [5.41, 5.74) is 7.06. The Morgan fingerprint density at radius 1 is 1.44 bits per heavy atom. The molecule has 2 nitrogen and oxygen atoms in total. The van der Waals surface area contributed by atoms with Crippen LogP contribution in [0.1, 0.15) is 24.8 Å². The molecule has 1 aliphatic carbocycles. The molecule has 0 amide bonds. The molecule has 0 bridgehead atoms. The number of ether oxygens (including phenoxy) is 1. The summed E-state index contributed by atoms with van der Waals surface area (Å²) in [5, 5.41) is 0. The lowest BCUT2D eigenvalue weighted by molar-refractivity contribution is 0.00393. The summed E-state index contributed by atoms with van der Waals surface area (Å²) >= 11 is 0. The zero-order valence-electron chi connectivity index (χ0n) is 10.5. The van der Waals surface area contributed by atoms with Gasteiger partial charge in [-0.15, -0.1) is 0 Å². The molecule has 1 fully saturated rings. The topological polar surface area (TPSA) is 35.2 Å². The monoisotopic (exact) mass is 255 g/mol. The van der Waals surface area contributed by atoms with E-state index in [1.54, 1.807) is 7.11 Å². The molecule has 1 saturated carbocycles. The van der Waals surface area contributed by atoms with E-state index in [4.69, 9.17) is 10.5 Å². The quantitative estimate of drug-likeness (QED) is 0.897. The van der Waals surface area contributed by atoms with Crippen molar-refractivity contribution in [1.29, 1.82) is 0 Å². The molecule has 1 aromatic rings. The number of alkyl halides is 2. The Kier molecular flexibility index (Phi) is 3.85. The molecule has 2 rings (SSSR count). The molecule has 4 heteroatoms. The van der Waals surface area contributed by atoms with Gasteiger partial charge in [-0.25, -0.2) is 8.78 Å². The van der Waals surface area contributed by atoms with Gasteiger partial charge in [0.15, 0.2) is 0 Å². The van der Waals surface area contributed by atoms with Gasteiger partial charge in [0.25, 0.3) is 0 Å². The third-order valence-corrected chi connectivity index (χ3v) is 3.70. The van der Waals surface area contributed by atoms with Crippen LogP contribution in [0.5, 0.6) is 5.75 Å². The lowest BCUT2D eigenvalue weighted by atomic mass is 9.92. The van der Waals surface area contributed by atoms with Gasteiger partial charge in [0.1, 0.15) is 5.75 Å². The van der Waals surface area contributed by atoms with Crippen LogP contribution < -0.4 is 10.5 Å². The van der Waals surface area contributed by atoms with Gasteiger partial charge in [-0.2, -0.15) is 0 Å². The lowest BCUT2D eigenvalue weighted by Crippen LogP contribution is -2.31. The third-order valence-electron chi connectivity index (χ3n) is 3.70. The van der Waals surface area contributed by atoms with E-state index in [1.807, 2.05) is 24.3 Å². The molecule has 2 unspecified atom stereocenters. The second kappa shape index (κ2) is 5.22. The number of hydrogen-bond acceptors (Lipinski definition) is 2. The molecule has 0 aliphatic heterocycles. The zero-order valence-corrected chi connectivity index (χ0v) is 10.5. The Bertz CT molecular complexity index is 409. The molecule has 0 spiro atoms. The fourth-order valence-corrected chi connectivity index (χ4v) is 2.64. The van der Waals surface area contributed by atoms with E-state index in [2.05, 4.69) is 0 Å². The maximum Gasteiger partial charge on any atom is 0.248 e.